The van der Waals surface area contributed by atoms with Crippen molar-refractivity contribution in [2.24, 2.45) is 5.73 Å². The molecule has 1 fully saturated rings. The SMILES string of the molecule is Cc1cc(C)c(S(=O)(=O)NC(CNC(=O)COC2CC(C(N)c3ccccn3)N(C(=O)NCCc3ccccc3)C2)C(=O)O)c(C)c1. The summed E-state index contributed by atoms with van der Waals surface area (Å²) in [4.78, 5) is 43.8. The van der Waals surface area contributed by atoms with Crippen LogP contribution >= 0.6 is 0 Å². The number of ether oxygens (including phenoxy) is 1. The van der Waals surface area contributed by atoms with Gasteiger partial charge in [0.1, 0.15) is 12.6 Å². The van der Waals surface area contributed by atoms with E-state index in [2.05, 4.69) is 20.3 Å². The molecule has 2 heterocycles. The summed E-state index contributed by atoms with van der Waals surface area (Å²) in [7, 11) is -4.20. The molecule has 2 aromatic carbocycles. The topological polar surface area (TPSA) is 193 Å². The third kappa shape index (κ3) is 9.58. The normalized spacial score (nSPS) is 17.6. The number of sulfonamides is 1. The van der Waals surface area contributed by atoms with Crippen molar-refractivity contribution >= 4 is 27.9 Å². The Morgan fingerprint density at radius 2 is 1.72 bits per heavy atom. The minimum atomic E-state index is -4.20. The molecule has 4 atom stereocenters. The number of aryl methyl sites for hydroxylation is 3. The highest BCUT2D eigenvalue weighted by atomic mass is 32.2. The van der Waals surface area contributed by atoms with Gasteiger partial charge < -0.3 is 31.1 Å². The van der Waals surface area contributed by atoms with Crippen molar-refractivity contribution in [2.75, 3.05) is 26.2 Å². The molecule has 3 aromatic rings. The zero-order chi connectivity index (χ0) is 34.1. The summed E-state index contributed by atoms with van der Waals surface area (Å²) in [6, 6.07) is 15.5. The smallest absolute Gasteiger partial charge is 0.323 e. The van der Waals surface area contributed by atoms with Gasteiger partial charge in [0.15, 0.2) is 0 Å². The molecule has 13 nitrogen and oxygen atoms in total. The highest BCUT2D eigenvalue weighted by Gasteiger charge is 2.40. The zero-order valence-electron chi connectivity index (χ0n) is 26.7. The van der Waals surface area contributed by atoms with Gasteiger partial charge in [-0.2, -0.15) is 4.72 Å². The number of benzene rings is 2. The van der Waals surface area contributed by atoms with Crippen LogP contribution in [0.25, 0.3) is 0 Å². The summed E-state index contributed by atoms with van der Waals surface area (Å²) in [5.74, 6) is -2.09. The number of likely N-dealkylation sites (tertiary alicyclic amines) is 1. The lowest BCUT2D eigenvalue weighted by atomic mass is 10.0. The predicted molar refractivity (Wildman–Crippen MR) is 175 cm³/mol. The first-order chi connectivity index (χ1) is 22.4. The third-order valence-electron chi connectivity index (χ3n) is 7.96. The molecule has 1 saturated heterocycles. The van der Waals surface area contributed by atoms with Crippen molar-refractivity contribution in [3.8, 4) is 0 Å². The molecule has 252 valence electrons. The molecule has 3 amide bonds. The summed E-state index contributed by atoms with van der Waals surface area (Å²) in [5.41, 5.74) is 10.1. The van der Waals surface area contributed by atoms with Gasteiger partial charge in [0.05, 0.1) is 28.8 Å². The summed E-state index contributed by atoms with van der Waals surface area (Å²) in [6.45, 7) is 4.75. The van der Waals surface area contributed by atoms with E-state index in [1.54, 1.807) is 49.2 Å². The molecule has 0 bridgehead atoms. The number of aromatic nitrogens is 1. The Hall–Kier alpha value is -4.37. The van der Waals surface area contributed by atoms with Crippen molar-refractivity contribution < 1.29 is 32.6 Å². The molecule has 4 unspecified atom stereocenters. The number of carboxylic acids is 1. The number of hydrogen-bond acceptors (Lipinski definition) is 8. The molecular formula is C33H42N6O7S. The second-order valence-electron chi connectivity index (χ2n) is 11.7. The van der Waals surface area contributed by atoms with E-state index in [-0.39, 0.29) is 17.5 Å². The lowest BCUT2D eigenvalue weighted by Crippen LogP contribution is -2.49. The molecule has 14 heteroatoms. The van der Waals surface area contributed by atoms with Gasteiger partial charge in [-0.15, -0.1) is 0 Å². The van der Waals surface area contributed by atoms with E-state index in [4.69, 9.17) is 10.5 Å². The van der Waals surface area contributed by atoms with Crippen LogP contribution in [0.3, 0.4) is 0 Å². The minimum Gasteiger partial charge on any atom is -0.480 e. The average Bonchev–Trinajstić information content (AvgIpc) is 3.46. The molecule has 6 N–H and O–H groups in total. The van der Waals surface area contributed by atoms with Crippen LogP contribution in [0.4, 0.5) is 4.79 Å². The highest BCUT2D eigenvalue weighted by Crippen LogP contribution is 2.29. The largest absolute Gasteiger partial charge is 0.480 e. The molecule has 1 aliphatic rings. The fourth-order valence-corrected chi connectivity index (χ4v) is 7.47. The van der Waals surface area contributed by atoms with Crippen LogP contribution in [-0.4, -0.2) is 85.7 Å². The van der Waals surface area contributed by atoms with Crippen LogP contribution in [0.5, 0.6) is 0 Å². The fraction of sp³-hybridized carbons (Fsp3) is 0.394. The van der Waals surface area contributed by atoms with Crippen LogP contribution < -0.4 is 21.1 Å². The Kier molecular flexibility index (Phi) is 12.0. The Labute approximate surface area is 275 Å². The van der Waals surface area contributed by atoms with Crippen molar-refractivity contribution in [3.63, 3.8) is 0 Å². The maximum Gasteiger partial charge on any atom is 0.323 e. The first-order valence-electron chi connectivity index (χ1n) is 15.3. The van der Waals surface area contributed by atoms with Gasteiger partial charge in [-0.25, -0.2) is 13.2 Å². The van der Waals surface area contributed by atoms with E-state index < -0.39 is 59.3 Å². The number of nitrogens with two attached hydrogens (primary N) is 1. The van der Waals surface area contributed by atoms with Gasteiger partial charge in [0, 0.05) is 25.8 Å². The van der Waals surface area contributed by atoms with Gasteiger partial charge >= 0.3 is 12.0 Å². The number of nitrogens with one attached hydrogen (secondary N) is 3. The van der Waals surface area contributed by atoms with E-state index in [0.29, 0.717) is 36.2 Å². The van der Waals surface area contributed by atoms with Gasteiger partial charge in [-0.1, -0.05) is 54.1 Å². The van der Waals surface area contributed by atoms with E-state index in [0.717, 1.165) is 11.1 Å². The molecule has 47 heavy (non-hydrogen) atoms. The molecule has 1 aliphatic heterocycles. The monoisotopic (exact) mass is 666 g/mol. The summed E-state index contributed by atoms with van der Waals surface area (Å²) in [5, 5.41) is 15.1. The van der Waals surface area contributed by atoms with Gasteiger partial charge in [0.2, 0.25) is 15.9 Å². The molecule has 0 spiro atoms. The van der Waals surface area contributed by atoms with Crippen LogP contribution in [-0.2, 0) is 30.8 Å². The number of nitrogens with zero attached hydrogens (tertiary/aromatic N) is 2. The second kappa shape index (κ2) is 16.0. The minimum absolute atomic E-state index is 0.00244. The fourth-order valence-electron chi connectivity index (χ4n) is 5.83. The number of amides is 3. The second-order valence-corrected chi connectivity index (χ2v) is 13.3. The van der Waals surface area contributed by atoms with Crippen LogP contribution in [0.15, 0.2) is 71.8 Å². The number of pyridine rings is 1. The molecule has 0 aliphatic carbocycles. The lowest BCUT2D eigenvalue weighted by Gasteiger charge is -2.29. The van der Waals surface area contributed by atoms with Crippen molar-refractivity contribution in [1.29, 1.82) is 0 Å². The number of hydrogen-bond donors (Lipinski definition) is 5. The van der Waals surface area contributed by atoms with Crippen molar-refractivity contribution in [1.82, 2.24) is 25.2 Å². The summed E-state index contributed by atoms with van der Waals surface area (Å²) < 4.78 is 34.2. The Bertz CT molecular complexity index is 1630. The quantitative estimate of drug-likeness (QED) is 0.171. The Morgan fingerprint density at radius 1 is 1.04 bits per heavy atom. The van der Waals surface area contributed by atoms with Gasteiger partial charge in [-0.3, -0.25) is 14.6 Å². The average molecular weight is 667 g/mol. The lowest BCUT2D eigenvalue weighted by molar-refractivity contribution is -0.139. The number of carbonyl (C=O) groups is 3. The van der Waals surface area contributed by atoms with Crippen LogP contribution in [0.2, 0.25) is 0 Å². The maximum absolute atomic E-state index is 13.3. The number of aliphatic carboxylic acids is 1. The number of rotatable bonds is 14. The molecule has 0 saturated carbocycles. The number of carboxylic acid groups (broad SMARTS) is 1. The van der Waals surface area contributed by atoms with Crippen molar-refractivity contribution in [2.45, 2.75) is 62.7 Å². The molecule has 4 rings (SSSR count). The number of urea groups is 1. The first-order valence-corrected chi connectivity index (χ1v) is 16.8. The van der Waals surface area contributed by atoms with Gasteiger partial charge in [-0.05, 0) is 62.4 Å². The third-order valence-corrected chi connectivity index (χ3v) is 9.74. The van der Waals surface area contributed by atoms with E-state index in [9.17, 15) is 27.9 Å². The molecular weight excluding hydrogens is 624 g/mol. The van der Waals surface area contributed by atoms with E-state index >= 15 is 0 Å². The van der Waals surface area contributed by atoms with Crippen molar-refractivity contribution in [3.05, 3.63) is 94.8 Å². The Morgan fingerprint density at radius 3 is 2.36 bits per heavy atom. The van der Waals surface area contributed by atoms with Gasteiger partial charge in [0.25, 0.3) is 0 Å². The highest BCUT2D eigenvalue weighted by molar-refractivity contribution is 7.89. The predicted octanol–water partition coefficient (Wildman–Crippen LogP) is 1.97. The van der Waals surface area contributed by atoms with Crippen LogP contribution in [0, 0.1) is 20.8 Å². The maximum atomic E-state index is 13.3. The Balaban J connectivity index is 1.34. The molecule has 1 aromatic heterocycles. The molecule has 0 radical (unpaired) electrons. The standard InChI is InChI=1S/C33H42N6O7S/c1-21-15-22(2)31(23(3)16-21)47(44,45)38-27(32(41)42)18-37-29(40)20-46-25-17-28(30(34)26-11-7-8-13-35-26)39(19-25)33(43)36-14-12-24-9-5-4-6-10-24/h4-11,13,15-16,25,27-28,30,38H,12,14,17-20,34H2,1-3H3,(H,36,43)(H,37,40)(H,41,42). The zero-order valence-corrected chi connectivity index (χ0v) is 27.5. The summed E-state index contributed by atoms with van der Waals surface area (Å²) >= 11 is 0. The van der Waals surface area contributed by atoms with Crippen LogP contribution in [0.1, 0.15) is 40.4 Å². The first kappa shape index (κ1) is 35.5. The van der Waals surface area contributed by atoms with E-state index in [1.165, 1.54) is 0 Å². The number of carbonyl (C=O) groups excluding carboxylic acids is 2. The summed E-state index contributed by atoms with van der Waals surface area (Å²) in [6.07, 6.45) is 2.07. The van der Waals surface area contributed by atoms with E-state index in [1.807, 2.05) is 43.3 Å².